The fraction of sp³-hybridized carbons (Fsp3) is 0.571. The Balaban J connectivity index is 2.10. The SMILES string of the molecule is COc1ccc(CNO)cc1OC1CCCN(C)C1. The summed E-state index contributed by atoms with van der Waals surface area (Å²) in [6.07, 6.45) is 2.42. The number of benzene rings is 1. The minimum atomic E-state index is 0.199. The van der Waals surface area contributed by atoms with E-state index in [9.17, 15) is 0 Å². The summed E-state index contributed by atoms with van der Waals surface area (Å²) in [5.74, 6) is 1.48. The lowest BCUT2D eigenvalue weighted by Crippen LogP contribution is -2.38. The Morgan fingerprint density at radius 1 is 1.42 bits per heavy atom. The van der Waals surface area contributed by atoms with Gasteiger partial charge in [0.2, 0.25) is 0 Å². The van der Waals surface area contributed by atoms with E-state index in [0.717, 1.165) is 43.0 Å². The number of hydrogen-bond acceptors (Lipinski definition) is 5. The van der Waals surface area contributed by atoms with Crippen LogP contribution in [0.2, 0.25) is 0 Å². The van der Waals surface area contributed by atoms with Crippen LogP contribution in [0.3, 0.4) is 0 Å². The number of methoxy groups -OCH3 is 1. The molecule has 1 atom stereocenters. The molecule has 1 aliphatic rings. The molecule has 1 saturated heterocycles. The molecule has 0 amide bonds. The van der Waals surface area contributed by atoms with E-state index in [4.69, 9.17) is 14.7 Å². The van der Waals surface area contributed by atoms with Gasteiger partial charge in [-0.25, -0.2) is 5.48 Å². The molecule has 19 heavy (non-hydrogen) atoms. The molecular weight excluding hydrogens is 244 g/mol. The molecule has 106 valence electrons. The highest BCUT2D eigenvalue weighted by atomic mass is 16.5. The molecule has 0 aliphatic carbocycles. The smallest absolute Gasteiger partial charge is 0.161 e. The highest BCUT2D eigenvalue weighted by Crippen LogP contribution is 2.30. The third-order valence-electron chi connectivity index (χ3n) is 3.39. The summed E-state index contributed by atoms with van der Waals surface area (Å²) in [7, 11) is 3.75. The molecule has 0 spiro atoms. The third-order valence-corrected chi connectivity index (χ3v) is 3.39. The van der Waals surface area contributed by atoms with Crippen molar-refractivity contribution in [2.24, 2.45) is 0 Å². The summed E-state index contributed by atoms with van der Waals surface area (Å²) in [6, 6.07) is 5.69. The molecule has 5 nitrogen and oxygen atoms in total. The number of ether oxygens (including phenoxy) is 2. The quantitative estimate of drug-likeness (QED) is 0.794. The average Bonchev–Trinajstić information content (AvgIpc) is 2.39. The Labute approximate surface area is 114 Å². The van der Waals surface area contributed by atoms with E-state index in [0.29, 0.717) is 6.54 Å². The molecule has 1 aliphatic heterocycles. The van der Waals surface area contributed by atoms with Gasteiger partial charge in [0.1, 0.15) is 6.10 Å². The minimum absolute atomic E-state index is 0.199. The highest BCUT2D eigenvalue weighted by molar-refractivity contribution is 5.43. The standard InChI is InChI=1S/C14H22N2O3/c1-16-7-3-4-12(10-16)19-14-8-11(9-15-17)5-6-13(14)18-2/h5-6,8,12,15,17H,3-4,7,9-10H2,1-2H3. The molecule has 5 heteroatoms. The van der Waals surface area contributed by atoms with Gasteiger partial charge in [-0.3, -0.25) is 0 Å². The van der Waals surface area contributed by atoms with Crippen LogP contribution in [-0.4, -0.2) is 43.5 Å². The van der Waals surface area contributed by atoms with Gasteiger partial charge in [0, 0.05) is 13.1 Å². The second-order valence-electron chi connectivity index (χ2n) is 4.96. The lowest BCUT2D eigenvalue weighted by molar-refractivity contribution is 0.101. The van der Waals surface area contributed by atoms with Crippen molar-refractivity contribution < 1.29 is 14.7 Å². The Morgan fingerprint density at radius 3 is 2.95 bits per heavy atom. The summed E-state index contributed by atoms with van der Waals surface area (Å²) >= 11 is 0. The second-order valence-corrected chi connectivity index (χ2v) is 4.96. The van der Waals surface area contributed by atoms with E-state index in [1.807, 2.05) is 18.2 Å². The van der Waals surface area contributed by atoms with Crippen LogP contribution in [0.15, 0.2) is 18.2 Å². The Bertz CT molecular complexity index is 412. The fourth-order valence-corrected chi connectivity index (χ4v) is 2.41. The molecule has 0 saturated carbocycles. The van der Waals surface area contributed by atoms with E-state index in [1.165, 1.54) is 0 Å². The van der Waals surface area contributed by atoms with E-state index in [-0.39, 0.29) is 6.10 Å². The van der Waals surface area contributed by atoms with Crippen molar-refractivity contribution in [3.05, 3.63) is 23.8 Å². The van der Waals surface area contributed by atoms with E-state index < -0.39 is 0 Å². The molecule has 2 rings (SSSR count). The first-order valence-corrected chi connectivity index (χ1v) is 6.62. The molecule has 1 heterocycles. The molecule has 0 aromatic heterocycles. The first kappa shape index (κ1) is 14.1. The highest BCUT2D eigenvalue weighted by Gasteiger charge is 2.20. The maximum absolute atomic E-state index is 8.76. The predicted molar refractivity (Wildman–Crippen MR) is 72.8 cm³/mol. The van der Waals surface area contributed by atoms with Crippen LogP contribution in [0, 0.1) is 0 Å². The van der Waals surface area contributed by atoms with E-state index >= 15 is 0 Å². The van der Waals surface area contributed by atoms with Crippen LogP contribution in [0.5, 0.6) is 11.5 Å². The van der Waals surface area contributed by atoms with Crippen molar-refractivity contribution >= 4 is 0 Å². The number of hydrogen-bond donors (Lipinski definition) is 2. The number of likely N-dealkylation sites (N-methyl/N-ethyl adjacent to an activating group) is 1. The van der Waals surface area contributed by atoms with Gasteiger partial charge in [-0.2, -0.15) is 0 Å². The summed E-state index contributed by atoms with van der Waals surface area (Å²) in [6.45, 7) is 2.46. The first-order chi connectivity index (χ1) is 9.22. The topological polar surface area (TPSA) is 54.0 Å². The lowest BCUT2D eigenvalue weighted by atomic mass is 10.1. The molecule has 1 fully saturated rings. The maximum Gasteiger partial charge on any atom is 0.161 e. The second kappa shape index (κ2) is 6.75. The minimum Gasteiger partial charge on any atom is -0.493 e. The molecule has 1 aromatic carbocycles. The number of nitrogens with zero attached hydrogens (tertiary/aromatic N) is 1. The van der Waals surface area contributed by atoms with Crippen LogP contribution < -0.4 is 15.0 Å². The molecule has 0 radical (unpaired) electrons. The van der Waals surface area contributed by atoms with Crippen LogP contribution >= 0.6 is 0 Å². The Kier molecular flexibility index (Phi) is 5.01. The maximum atomic E-state index is 8.76. The number of rotatable bonds is 5. The molecule has 2 N–H and O–H groups in total. The van der Waals surface area contributed by atoms with Crippen molar-refractivity contribution in [2.45, 2.75) is 25.5 Å². The largest absolute Gasteiger partial charge is 0.493 e. The number of likely N-dealkylation sites (tertiary alicyclic amines) is 1. The van der Waals surface area contributed by atoms with Crippen molar-refractivity contribution in [3.63, 3.8) is 0 Å². The lowest BCUT2D eigenvalue weighted by Gasteiger charge is -2.30. The zero-order valence-corrected chi connectivity index (χ0v) is 11.6. The predicted octanol–water partition coefficient (Wildman–Crippen LogP) is 1.65. The number of hydroxylamine groups is 1. The van der Waals surface area contributed by atoms with E-state index in [1.54, 1.807) is 7.11 Å². The van der Waals surface area contributed by atoms with Gasteiger partial charge < -0.3 is 19.6 Å². The van der Waals surface area contributed by atoms with Gasteiger partial charge in [-0.1, -0.05) is 6.07 Å². The number of piperidine rings is 1. The van der Waals surface area contributed by atoms with E-state index in [2.05, 4.69) is 17.4 Å². The fourth-order valence-electron chi connectivity index (χ4n) is 2.41. The van der Waals surface area contributed by atoms with Gasteiger partial charge >= 0.3 is 0 Å². The molecule has 1 aromatic rings. The zero-order valence-electron chi connectivity index (χ0n) is 11.6. The average molecular weight is 266 g/mol. The van der Waals surface area contributed by atoms with Gasteiger partial charge in [-0.05, 0) is 44.1 Å². The molecule has 0 bridgehead atoms. The van der Waals surface area contributed by atoms with Crippen LogP contribution in [0.1, 0.15) is 18.4 Å². The number of nitrogens with one attached hydrogen (secondary N) is 1. The Hall–Kier alpha value is -1.30. The van der Waals surface area contributed by atoms with Gasteiger partial charge in [0.25, 0.3) is 0 Å². The van der Waals surface area contributed by atoms with Crippen molar-refractivity contribution in [2.75, 3.05) is 27.2 Å². The van der Waals surface area contributed by atoms with Crippen molar-refractivity contribution in [1.82, 2.24) is 10.4 Å². The molecular formula is C14H22N2O3. The summed E-state index contributed by atoms with van der Waals surface area (Å²) < 4.78 is 11.4. The van der Waals surface area contributed by atoms with Crippen molar-refractivity contribution in [1.29, 1.82) is 0 Å². The Morgan fingerprint density at radius 2 is 2.26 bits per heavy atom. The summed E-state index contributed by atoms with van der Waals surface area (Å²) in [4.78, 5) is 2.28. The van der Waals surface area contributed by atoms with Crippen LogP contribution in [-0.2, 0) is 6.54 Å². The van der Waals surface area contributed by atoms with Gasteiger partial charge in [0.05, 0.1) is 7.11 Å². The monoisotopic (exact) mass is 266 g/mol. The van der Waals surface area contributed by atoms with Crippen LogP contribution in [0.4, 0.5) is 0 Å². The van der Waals surface area contributed by atoms with Gasteiger partial charge in [0.15, 0.2) is 11.5 Å². The summed E-state index contributed by atoms with van der Waals surface area (Å²) in [5.41, 5.74) is 3.12. The zero-order chi connectivity index (χ0) is 13.7. The van der Waals surface area contributed by atoms with Gasteiger partial charge in [-0.15, -0.1) is 0 Å². The summed E-state index contributed by atoms with van der Waals surface area (Å²) in [5, 5.41) is 8.76. The van der Waals surface area contributed by atoms with Crippen LogP contribution in [0.25, 0.3) is 0 Å². The van der Waals surface area contributed by atoms with Crippen molar-refractivity contribution in [3.8, 4) is 11.5 Å². The third kappa shape index (κ3) is 3.83. The molecule has 1 unspecified atom stereocenters. The first-order valence-electron chi connectivity index (χ1n) is 6.62. The normalized spacial score (nSPS) is 20.3.